The molecule has 0 aliphatic carbocycles. The summed E-state index contributed by atoms with van der Waals surface area (Å²) < 4.78 is 7.71. The number of carbonyl (C=O) groups is 1. The Morgan fingerprint density at radius 2 is 1.94 bits per heavy atom. The molecule has 0 radical (unpaired) electrons. The standard InChI is InChI=1S/C24H24Cl2N4O2S/c1-4-11-33-24-28-23-27-14(2)21(15(3)31)22(30(23)29-24)17-6-8-18(9-7-17)32-13-16-5-10-19(25)20(26)12-16/h5-10,12,22H,4,11,13H2,1-3H3,(H,27,28,29). The topological polar surface area (TPSA) is 69.0 Å². The number of allylic oxidation sites excluding steroid dienone is 2. The molecule has 1 aliphatic heterocycles. The Labute approximate surface area is 207 Å². The third-order valence-electron chi connectivity index (χ3n) is 5.23. The molecule has 3 aromatic rings. The Morgan fingerprint density at radius 1 is 1.18 bits per heavy atom. The number of rotatable bonds is 8. The molecule has 0 saturated carbocycles. The van der Waals surface area contributed by atoms with Gasteiger partial charge in [-0.25, -0.2) is 4.68 Å². The van der Waals surface area contributed by atoms with Crippen LogP contribution in [0.15, 0.2) is 58.9 Å². The van der Waals surface area contributed by atoms with E-state index in [0.717, 1.165) is 29.0 Å². The Balaban J connectivity index is 1.59. The molecule has 0 bridgehead atoms. The van der Waals surface area contributed by atoms with E-state index in [0.29, 0.717) is 39.1 Å². The average molecular weight is 503 g/mol. The molecule has 2 heterocycles. The minimum Gasteiger partial charge on any atom is -0.489 e. The number of aromatic nitrogens is 3. The monoisotopic (exact) mass is 502 g/mol. The molecule has 2 aromatic carbocycles. The zero-order valence-corrected chi connectivity index (χ0v) is 20.9. The van der Waals surface area contributed by atoms with Crippen LogP contribution in [0.5, 0.6) is 5.75 Å². The summed E-state index contributed by atoms with van der Waals surface area (Å²) in [5.41, 5.74) is 3.32. The van der Waals surface area contributed by atoms with Crippen molar-refractivity contribution >= 4 is 46.7 Å². The molecule has 33 heavy (non-hydrogen) atoms. The van der Waals surface area contributed by atoms with Crippen LogP contribution in [0.1, 0.15) is 44.4 Å². The summed E-state index contributed by atoms with van der Waals surface area (Å²) in [5, 5.41) is 9.64. The highest BCUT2D eigenvalue weighted by molar-refractivity contribution is 7.99. The number of hydrogen-bond acceptors (Lipinski definition) is 6. The first-order chi connectivity index (χ1) is 15.9. The van der Waals surface area contributed by atoms with E-state index in [9.17, 15) is 4.79 Å². The fraction of sp³-hybridized carbons (Fsp3) is 0.292. The molecule has 0 spiro atoms. The fourth-order valence-corrected chi connectivity index (χ4v) is 4.70. The Bertz CT molecular complexity index is 1210. The number of hydrogen-bond donors (Lipinski definition) is 1. The number of anilines is 1. The van der Waals surface area contributed by atoms with Crippen LogP contribution in [0.3, 0.4) is 0 Å². The van der Waals surface area contributed by atoms with E-state index in [2.05, 4.69) is 17.2 Å². The molecule has 1 N–H and O–H groups in total. The van der Waals surface area contributed by atoms with Crippen molar-refractivity contribution in [3.63, 3.8) is 0 Å². The van der Waals surface area contributed by atoms with Crippen LogP contribution in [0.4, 0.5) is 5.95 Å². The van der Waals surface area contributed by atoms with Crippen molar-refractivity contribution < 1.29 is 9.53 Å². The number of nitrogens with zero attached hydrogens (tertiary/aromatic N) is 3. The third kappa shape index (κ3) is 5.21. The van der Waals surface area contributed by atoms with E-state index < -0.39 is 0 Å². The van der Waals surface area contributed by atoms with Crippen molar-refractivity contribution in [1.82, 2.24) is 14.8 Å². The highest BCUT2D eigenvalue weighted by atomic mass is 35.5. The van der Waals surface area contributed by atoms with Crippen LogP contribution in [0, 0.1) is 0 Å². The molecule has 0 saturated heterocycles. The van der Waals surface area contributed by atoms with Crippen molar-refractivity contribution in [3.8, 4) is 5.75 Å². The van der Waals surface area contributed by atoms with Gasteiger partial charge in [-0.1, -0.05) is 60.1 Å². The minimum absolute atomic E-state index is 0.00569. The molecule has 0 amide bonds. The lowest BCUT2D eigenvalue weighted by molar-refractivity contribution is -0.114. The number of benzene rings is 2. The fourth-order valence-electron chi connectivity index (χ4n) is 3.69. The van der Waals surface area contributed by atoms with Crippen LogP contribution in [0.2, 0.25) is 10.0 Å². The molecule has 1 atom stereocenters. The molecule has 1 aromatic heterocycles. The normalized spacial score (nSPS) is 15.2. The predicted molar refractivity (Wildman–Crippen MR) is 133 cm³/mol. The Hall–Kier alpha value is -2.48. The molecule has 4 rings (SSSR count). The number of halogens is 2. The molecule has 1 unspecified atom stereocenters. The lowest BCUT2D eigenvalue weighted by atomic mass is 9.93. The lowest BCUT2D eigenvalue weighted by Gasteiger charge is -2.28. The van der Waals surface area contributed by atoms with Crippen LogP contribution in [-0.4, -0.2) is 26.3 Å². The van der Waals surface area contributed by atoms with E-state index in [1.165, 1.54) is 0 Å². The van der Waals surface area contributed by atoms with Gasteiger partial charge in [-0.15, -0.1) is 5.10 Å². The minimum atomic E-state index is -0.355. The second-order valence-corrected chi connectivity index (χ2v) is 9.62. The molecule has 9 heteroatoms. The van der Waals surface area contributed by atoms with Gasteiger partial charge in [0.2, 0.25) is 11.1 Å². The summed E-state index contributed by atoms with van der Waals surface area (Å²) in [7, 11) is 0. The summed E-state index contributed by atoms with van der Waals surface area (Å²) in [6.45, 7) is 5.97. The van der Waals surface area contributed by atoms with E-state index in [-0.39, 0.29) is 11.8 Å². The van der Waals surface area contributed by atoms with Gasteiger partial charge in [-0.2, -0.15) is 4.98 Å². The van der Waals surface area contributed by atoms with Gasteiger partial charge in [0.1, 0.15) is 18.4 Å². The largest absolute Gasteiger partial charge is 0.489 e. The van der Waals surface area contributed by atoms with Gasteiger partial charge in [0, 0.05) is 17.0 Å². The molecule has 1 aliphatic rings. The number of Topliss-reactive ketones (excluding diaryl/α,β-unsaturated/α-hetero) is 1. The second kappa shape index (κ2) is 10.2. The van der Waals surface area contributed by atoms with Crippen LogP contribution in [0.25, 0.3) is 0 Å². The van der Waals surface area contributed by atoms with Crippen LogP contribution in [-0.2, 0) is 11.4 Å². The van der Waals surface area contributed by atoms with Crippen molar-refractivity contribution in [2.45, 2.75) is 45.0 Å². The van der Waals surface area contributed by atoms with Crippen molar-refractivity contribution in [3.05, 3.63) is 74.9 Å². The van der Waals surface area contributed by atoms with Gasteiger partial charge < -0.3 is 10.1 Å². The van der Waals surface area contributed by atoms with Crippen LogP contribution < -0.4 is 10.1 Å². The highest BCUT2D eigenvalue weighted by Gasteiger charge is 2.32. The van der Waals surface area contributed by atoms with Gasteiger partial charge in [0.25, 0.3) is 0 Å². The number of fused-ring (bicyclic) bond motifs is 1. The molecule has 0 fully saturated rings. The maximum absolute atomic E-state index is 12.5. The van der Waals surface area contributed by atoms with Crippen molar-refractivity contribution in [2.75, 3.05) is 11.1 Å². The Morgan fingerprint density at radius 3 is 2.61 bits per heavy atom. The number of nitrogens with one attached hydrogen (secondary N) is 1. The highest BCUT2D eigenvalue weighted by Crippen LogP contribution is 2.37. The summed E-state index contributed by atoms with van der Waals surface area (Å²) in [4.78, 5) is 17.2. The number of carbonyl (C=O) groups excluding carboxylic acids is 1. The predicted octanol–water partition coefficient (Wildman–Crippen LogP) is 6.54. The smallest absolute Gasteiger partial charge is 0.227 e. The zero-order chi connectivity index (χ0) is 23.5. The van der Waals surface area contributed by atoms with Gasteiger partial charge in [0.15, 0.2) is 5.78 Å². The summed E-state index contributed by atoms with van der Waals surface area (Å²) in [6, 6.07) is 12.8. The third-order valence-corrected chi connectivity index (χ3v) is 7.02. The van der Waals surface area contributed by atoms with E-state index >= 15 is 0 Å². The van der Waals surface area contributed by atoms with E-state index in [1.54, 1.807) is 35.5 Å². The van der Waals surface area contributed by atoms with Gasteiger partial charge >= 0.3 is 0 Å². The van der Waals surface area contributed by atoms with Gasteiger partial charge in [0.05, 0.1) is 10.0 Å². The number of thioether (sulfide) groups is 1. The molecular weight excluding hydrogens is 479 g/mol. The van der Waals surface area contributed by atoms with Crippen LogP contribution >= 0.6 is 35.0 Å². The Kier molecular flexibility index (Phi) is 7.32. The zero-order valence-electron chi connectivity index (χ0n) is 18.6. The summed E-state index contributed by atoms with van der Waals surface area (Å²) in [5.74, 6) is 2.28. The maximum Gasteiger partial charge on any atom is 0.227 e. The molecule has 172 valence electrons. The lowest BCUT2D eigenvalue weighted by Crippen LogP contribution is -2.27. The second-order valence-electron chi connectivity index (χ2n) is 7.74. The first kappa shape index (κ1) is 23.7. The molecule has 6 nitrogen and oxygen atoms in total. The maximum atomic E-state index is 12.5. The number of ketones is 1. The van der Waals surface area contributed by atoms with Gasteiger partial charge in [-0.05, 0) is 55.7 Å². The first-order valence-electron chi connectivity index (χ1n) is 10.6. The number of ether oxygens (including phenoxy) is 1. The van der Waals surface area contributed by atoms with E-state index in [4.69, 9.17) is 33.0 Å². The quantitative estimate of drug-likeness (QED) is 0.352. The SMILES string of the molecule is CCCSc1nc2n(n1)C(c1ccc(OCc3ccc(Cl)c(Cl)c3)cc1)C(C(C)=O)=C(C)N2. The van der Waals surface area contributed by atoms with E-state index in [1.807, 2.05) is 37.3 Å². The summed E-state index contributed by atoms with van der Waals surface area (Å²) >= 11 is 13.7. The van der Waals surface area contributed by atoms with Crippen molar-refractivity contribution in [1.29, 1.82) is 0 Å². The first-order valence-corrected chi connectivity index (χ1v) is 12.4. The molecular formula is C24H24Cl2N4O2S. The average Bonchev–Trinajstić information content (AvgIpc) is 3.20. The van der Waals surface area contributed by atoms with Crippen molar-refractivity contribution in [2.24, 2.45) is 0 Å². The van der Waals surface area contributed by atoms with Gasteiger partial charge in [-0.3, -0.25) is 4.79 Å². The summed E-state index contributed by atoms with van der Waals surface area (Å²) in [6.07, 6.45) is 1.03.